The molecule has 1 heterocycles. The van der Waals surface area contributed by atoms with Crippen molar-refractivity contribution in [1.29, 1.82) is 0 Å². The van der Waals surface area contributed by atoms with Crippen LogP contribution in [0.2, 0.25) is 0 Å². The monoisotopic (exact) mass is 383 g/mol. The molecule has 0 spiro atoms. The summed E-state index contributed by atoms with van der Waals surface area (Å²) in [6, 6.07) is 11.8. The molecule has 0 aliphatic rings. The van der Waals surface area contributed by atoms with Crippen LogP contribution in [0.15, 0.2) is 42.5 Å². The second-order valence-electron chi connectivity index (χ2n) is 6.50. The zero-order chi connectivity index (χ0) is 20.3. The summed E-state index contributed by atoms with van der Waals surface area (Å²) in [6.45, 7) is 5.41. The molecule has 0 atom stereocenters. The summed E-state index contributed by atoms with van der Waals surface area (Å²) in [7, 11) is 1.54. The summed E-state index contributed by atoms with van der Waals surface area (Å²) < 4.78 is 26.8. The van der Waals surface area contributed by atoms with Gasteiger partial charge in [-0.15, -0.1) is 0 Å². The smallest absolute Gasteiger partial charge is 0.262 e. The molecule has 0 radical (unpaired) electrons. The number of methoxy groups -OCH3 is 1. The summed E-state index contributed by atoms with van der Waals surface area (Å²) in [5.41, 5.74) is 3.31. The molecule has 0 aliphatic carbocycles. The molecular formula is C21H22FN3O3. The fourth-order valence-electron chi connectivity index (χ4n) is 2.86. The van der Waals surface area contributed by atoms with Gasteiger partial charge in [0.05, 0.1) is 12.8 Å². The molecule has 0 unspecified atom stereocenters. The summed E-state index contributed by atoms with van der Waals surface area (Å²) >= 11 is 0. The third-order valence-corrected chi connectivity index (χ3v) is 4.15. The maximum Gasteiger partial charge on any atom is 0.262 e. The van der Waals surface area contributed by atoms with Crippen molar-refractivity contribution in [2.75, 3.05) is 19.0 Å². The van der Waals surface area contributed by atoms with E-state index in [4.69, 9.17) is 9.47 Å². The number of aryl methyl sites for hydroxylation is 3. The highest BCUT2D eigenvalue weighted by Gasteiger charge is 2.12. The standard InChI is InChI=1S/C21H22FN3O3/c1-13-5-8-19(20(9-13)27-4)28-12-21(26)23-16-6-7-18(17(22)11-16)25-15(3)10-14(2)24-25/h5-11H,12H2,1-4H3,(H,23,26). The zero-order valence-electron chi connectivity index (χ0n) is 16.2. The van der Waals surface area contributed by atoms with Gasteiger partial charge in [0, 0.05) is 11.4 Å². The van der Waals surface area contributed by atoms with E-state index in [0.29, 0.717) is 22.9 Å². The fraction of sp³-hybridized carbons (Fsp3) is 0.238. The van der Waals surface area contributed by atoms with Crippen LogP contribution < -0.4 is 14.8 Å². The Kier molecular flexibility index (Phi) is 5.63. The summed E-state index contributed by atoms with van der Waals surface area (Å²) in [5.74, 6) is 0.133. The van der Waals surface area contributed by atoms with Crippen LogP contribution in [-0.2, 0) is 4.79 Å². The predicted molar refractivity (Wildman–Crippen MR) is 105 cm³/mol. The predicted octanol–water partition coefficient (Wildman–Crippen LogP) is 3.96. The van der Waals surface area contributed by atoms with E-state index in [-0.39, 0.29) is 6.61 Å². The number of aromatic nitrogens is 2. The van der Waals surface area contributed by atoms with Gasteiger partial charge >= 0.3 is 0 Å². The molecule has 0 fully saturated rings. The minimum atomic E-state index is -0.481. The number of halogens is 1. The maximum atomic E-state index is 14.5. The van der Waals surface area contributed by atoms with Crippen molar-refractivity contribution >= 4 is 11.6 Å². The fourth-order valence-corrected chi connectivity index (χ4v) is 2.86. The van der Waals surface area contributed by atoms with Gasteiger partial charge in [0.2, 0.25) is 0 Å². The number of nitrogens with zero attached hydrogens (tertiary/aromatic N) is 2. The van der Waals surface area contributed by atoms with Crippen molar-refractivity contribution < 1.29 is 18.7 Å². The Bertz CT molecular complexity index is 1010. The molecule has 2 aromatic carbocycles. The minimum Gasteiger partial charge on any atom is -0.493 e. The van der Waals surface area contributed by atoms with E-state index in [0.717, 1.165) is 17.0 Å². The summed E-state index contributed by atoms with van der Waals surface area (Å²) in [5, 5.41) is 6.90. The lowest BCUT2D eigenvalue weighted by Crippen LogP contribution is -2.20. The molecule has 6 nitrogen and oxygen atoms in total. The molecule has 0 saturated carbocycles. The van der Waals surface area contributed by atoms with Gasteiger partial charge in [0.25, 0.3) is 5.91 Å². The van der Waals surface area contributed by atoms with Gasteiger partial charge in [-0.1, -0.05) is 6.07 Å². The van der Waals surface area contributed by atoms with Crippen LogP contribution in [-0.4, -0.2) is 29.4 Å². The number of amides is 1. The maximum absolute atomic E-state index is 14.5. The van der Waals surface area contributed by atoms with Gasteiger partial charge in [0.1, 0.15) is 5.69 Å². The SMILES string of the molecule is COc1cc(C)ccc1OCC(=O)Nc1ccc(-n2nc(C)cc2C)c(F)c1. The molecular weight excluding hydrogens is 361 g/mol. The molecule has 0 bridgehead atoms. The Morgan fingerprint density at radius 1 is 1.11 bits per heavy atom. The molecule has 28 heavy (non-hydrogen) atoms. The molecule has 0 saturated heterocycles. The number of nitrogens with one attached hydrogen (secondary N) is 1. The number of rotatable bonds is 6. The van der Waals surface area contributed by atoms with Crippen molar-refractivity contribution in [1.82, 2.24) is 9.78 Å². The normalized spacial score (nSPS) is 10.6. The number of anilines is 1. The van der Waals surface area contributed by atoms with Crippen LogP contribution >= 0.6 is 0 Å². The van der Waals surface area contributed by atoms with Crippen molar-refractivity contribution in [3.8, 4) is 17.2 Å². The first kappa shape index (κ1) is 19.4. The van der Waals surface area contributed by atoms with Gasteiger partial charge in [-0.25, -0.2) is 9.07 Å². The molecule has 1 amide bonds. The van der Waals surface area contributed by atoms with E-state index in [2.05, 4.69) is 10.4 Å². The number of carbonyl (C=O) groups is 1. The number of hydrogen-bond acceptors (Lipinski definition) is 4. The van der Waals surface area contributed by atoms with Crippen LogP contribution in [0.5, 0.6) is 11.5 Å². The Balaban J connectivity index is 1.66. The van der Waals surface area contributed by atoms with Gasteiger partial charge in [-0.05, 0) is 62.7 Å². The second-order valence-corrected chi connectivity index (χ2v) is 6.50. The lowest BCUT2D eigenvalue weighted by molar-refractivity contribution is -0.118. The van der Waals surface area contributed by atoms with Crippen LogP contribution in [0, 0.1) is 26.6 Å². The average Bonchev–Trinajstić information content (AvgIpc) is 2.98. The lowest BCUT2D eigenvalue weighted by Gasteiger charge is -2.12. The third kappa shape index (κ3) is 4.31. The first-order chi connectivity index (χ1) is 13.4. The van der Waals surface area contributed by atoms with Crippen molar-refractivity contribution in [2.24, 2.45) is 0 Å². The molecule has 7 heteroatoms. The Morgan fingerprint density at radius 2 is 1.89 bits per heavy atom. The van der Waals surface area contributed by atoms with E-state index >= 15 is 0 Å². The molecule has 0 aliphatic heterocycles. The quantitative estimate of drug-likeness (QED) is 0.700. The number of ether oxygens (including phenoxy) is 2. The Morgan fingerprint density at radius 3 is 2.54 bits per heavy atom. The third-order valence-electron chi connectivity index (χ3n) is 4.15. The summed E-state index contributed by atoms with van der Waals surface area (Å²) in [6.07, 6.45) is 0. The van der Waals surface area contributed by atoms with E-state index < -0.39 is 11.7 Å². The van der Waals surface area contributed by atoms with Crippen LogP contribution in [0.4, 0.5) is 10.1 Å². The molecule has 3 aromatic rings. The van der Waals surface area contributed by atoms with E-state index in [1.165, 1.54) is 17.9 Å². The zero-order valence-corrected chi connectivity index (χ0v) is 16.2. The van der Waals surface area contributed by atoms with Gasteiger partial charge in [-0.2, -0.15) is 5.10 Å². The highest BCUT2D eigenvalue weighted by Crippen LogP contribution is 2.27. The van der Waals surface area contributed by atoms with Gasteiger partial charge in [-0.3, -0.25) is 4.79 Å². The van der Waals surface area contributed by atoms with Crippen molar-refractivity contribution in [3.05, 3.63) is 65.2 Å². The minimum absolute atomic E-state index is 0.222. The first-order valence-electron chi connectivity index (χ1n) is 8.78. The number of benzene rings is 2. The first-order valence-corrected chi connectivity index (χ1v) is 8.78. The molecule has 1 N–H and O–H groups in total. The molecule has 1 aromatic heterocycles. The van der Waals surface area contributed by atoms with Crippen LogP contribution in [0.25, 0.3) is 5.69 Å². The highest BCUT2D eigenvalue weighted by molar-refractivity contribution is 5.92. The van der Waals surface area contributed by atoms with Gasteiger partial charge < -0.3 is 14.8 Å². The van der Waals surface area contributed by atoms with Crippen molar-refractivity contribution in [3.63, 3.8) is 0 Å². The molecule has 146 valence electrons. The van der Waals surface area contributed by atoms with Crippen LogP contribution in [0.3, 0.4) is 0 Å². The summed E-state index contributed by atoms with van der Waals surface area (Å²) in [4.78, 5) is 12.2. The lowest BCUT2D eigenvalue weighted by atomic mass is 10.2. The largest absolute Gasteiger partial charge is 0.493 e. The average molecular weight is 383 g/mol. The Hall–Kier alpha value is -3.35. The second kappa shape index (κ2) is 8.12. The number of carbonyl (C=O) groups excluding carboxylic acids is 1. The highest BCUT2D eigenvalue weighted by atomic mass is 19.1. The van der Waals surface area contributed by atoms with E-state index in [1.807, 2.05) is 39.0 Å². The molecule has 3 rings (SSSR count). The van der Waals surface area contributed by atoms with Crippen LogP contribution in [0.1, 0.15) is 17.0 Å². The van der Waals surface area contributed by atoms with Gasteiger partial charge in [0.15, 0.2) is 23.9 Å². The number of hydrogen-bond donors (Lipinski definition) is 1. The van der Waals surface area contributed by atoms with E-state index in [1.54, 1.807) is 18.2 Å². The van der Waals surface area contributed by atoms with E-state index in [9.17, 15) is 9.18 Å². The topological polar surface area (TPSA) is 65.4 Å². The van der Waals surface area contributed by atoms with Crippen molar-refractivity contribution in [2.45, 2.75) is 20.8 Å². The Labute approximate surface area is 162 Å².